The Morgan fingerprint density at radius 3 is 2.69 bits per heavy atom. The van der Waals surface area contributed by atoms with Crippen LogP contribution in [0.1, 0.15) is 37.3 Å². The smallest absolute Gasteiger partial charge is 0.310 e. The van der Waals surface area contributed by atoms with Gasteiger partial charge in [0.05, 0.1) is 23.6 Å². The summed E-state index contributed by atoms with van der Waals surface area (Å²) in [5, 5.41) is 13.4. The number of hydrogen-bond donors (Lipinski definition) is 0. The van der Waals surface area contributed by atoms with Crippen molar-refractivity contribution in [2.75, 3.05) is 13.6 Å². The van der Waals surface area contributed by atoms with Crippen molar-refractivity contribution in [3.63, 3.8) is 0 Å². The maximum atomic E-state index is 13.8. The van der Waals surface area contributed by atoms with Gasteiger partial charge in [0.15, 0.2) is 17.7 Å². The van der Waals surface area contributed by atoms with Gasteiger partial charge in [-0.2, -0.15) is 23.0 Å². The number of hydrogen-bond acceptors (Lipinski definition) is 7. The summed E-state index contributed by atoms with van der Waals surface area (Å²) in [5.41, 5.74) is 1.14. The summed E-state index contributed by atoms with van der Waals surface area (Å²) < 4.78 is 46.0. The van der Waals surface area contributed by atoms with Crippen LogP contribution in [0.4, 0.5) is 13.2 Å². The number of nitrogens with zero attached hydrogens (tertiary/aromatic N) is 9. The summed E-state index contributed by atoms with van der Waals surface area (Å²) in [4.78, 5) is 23.6. The largest absolute Gasteiger partial charge is 0.409 e. The fourth-order valence-corrected chi connectivity index (χ4v) is 5.02. The van der Waals surface area contributed by atoms with Crippen molar-refractivity contribution < 1.29 is 13.2 Å². The van der Waals surface area contributed by atoms with E-state index in [1.807, 2.05) is 18.4 Å². The number of likely N-dealkylation sites (N-methyl/N-ethyl adjacent to an activating group) is 1. The SMILES string of the molecule is CC(C)n1cnnc1-c1cccc(-n2ncc3ccc(-n4cnc5c4CCN(C)C5C(F)(F)F)cc3c2=O)n1. The van der Waals surface area contributed by atoms with Crippen LogP contribution in [0.5, 0.6) is 0 Å². The van der Waals surface area contributed by atoms with Gasteiger partial charge in [-0.15, -0.1) is 10.2 Å². The molecule has 5 heterocycles. The first-order chi connectivity index (χ1) is 18.6. The number of aromatic nitrogens is 8. The van der Waals surface area contributed by atoms with E-state index in [1.165, 1.54) is 23.0 Å². The van der Waals surface area contributed by atoms with Crippen LogP contribution in [-0.2, 0) is 6.42 Å². The summed E-state index contributed by atoms with van der Waals surface area (Å²) >= 11 is 0. The van der Waals surface area contributed by atoms with Gasteiger partial charge in [-0.25, -0.2) is 9.97 Å². The molecule has 4 aromatic heterocycles. The zero-order chi connectivity index (χ0) is 27.5. The summed E-state index contributed by atoms with van der Waals surface area (Å²) in [6.45, 7) is 4.24. The second-order valence-corrected chi connectivity index (χ2v) is 9.79. The van der Waals surface area contributed by atoms with Crippen molar-refractivity contribution in [2.24, 2.45) is 0 Å². The lowest BCUT2D eigenvalue weighted by Crippen LogP contribution is -2.41. The van der Waals surface area contributed by atoms with Crippen molar-refractivity contribution in [2.45, 2.75) is 38.5 Å². The fourth-order valence-electron chi connectivity index (χ4n) is 5.02. The Labute approximate surface area is 220 Å². The van der Waals surface area contributed by atoms with E-state index >= 15 is 0 Å². The van der Waals surface area contributed by atoms with Gasteiger partial charge < -0.3 is 9.13 Å². The van der Waals surface area contributed by atoms with Crippen molar-refractivity contribution in [3.05, 3.63) is 77.0 Å². The summed E-state index contributed by atoms with van der Waals surface area (Å²) in [7, 11) is 1.45. The molecule has 1 unspecified atom stereocenters. The van der Waals surface area contributed by atoms with Gasteiger partial charge in [-0.05, 0) is 45.2 Å². The Bertz CT molecular complexity index is 1750. The van der Waals surface area contributed by atoms with E-state index in [4.69, 9.17) is 0 Å². The molecule has 200 valence electrons. The lowest BCUT2D eigenvalue weighted by Gasteiger charge is -2.33. The lowest BCUT2D eigenvalue weighted by atomic mass is 10.0. The highest BCUT2D eigenvalue weighted by molar-refractivity contribution is 5.83. The van der Waals surface area contributed by atoms with E-state index in [9.17, 15) is 18.0 Å². The first-order valence-electron chi connectivity index (χ1n) is 12.4. The van der Waals surface area contributed by atoms with Crippen molar-refractivity contribution in [1.82, 2.24) is 44.0 Å². The molecule has 0 amide bonds. The molecule has 1 atom stereocenters. The molecule has 0 spiro atoms. The molecule has 0 saturated carbocycles. The first-order valence-corrected chi connectivity index (χ1v) is 12.4. The number of rotatable bonds is 4. The number of alkyl halides is 3. The molecule has 0 fully saturated rings. The average molecular weight is 536 g/mol. The Kier molecular flexibility index (Phi) is 5.83. The minimum Gasteiger partial charge on any atom is -0.310 e. The van der Waals surface area contributed by atoms with E-state index < -0.39 is 17.8 Å². The zero-order valence-electron chi connectivity index (χ0n) is 21.3. The maximum absolute atomic E-state index is 13.8. The Morgan fingerprint density at radius 2 is 1.92 bits per heavy atom. The zero-order valence-corrected chi connectivity index (χ0v) is 21.3. The molecule has 13 heteroatoms. The third kappa shape index (κ3) is 4.18. The van der Waals surface area contributed by atoms with Crippen LogP contribution in [0.2, 0.25) is 0 Å². The maximum Gasteiger partial charge on any atom is 0.409 e. The molecular weight excluding hydrogens is 511 g/mol. The van der Waals surface area contributed by atoms with Crippen LogP contribution >= 0.6 is 0 Å². The second-order valence-electron chi connectivity index (χ2n) is 9.79. The average Bonchev–Trinajstić information content (AvgIpc) is 3.56. The highest BCUT2D eigenvalue weighted by Gasteiger charge is 2.48. The van der Waals surface area contributed by atoms with Gasteiger partial charge in [-0.3, -0.25) is 9.69 Å². The van der Waals surface area contributed by atoms with E-state index in [0.717, 1.165) is 0 Å². The van der Waals surface area contributed by atoms with Crippen molar-refractivity contribution in [3.8, 4) is 23.0 Å². The molecule has 1 aliphatic rings. The molecule has 0 N–H and O–H groups in total. The molecule has 0 bridgehead atoms. The molecule has 6 rings (SSSR count). The van der Waals surface area contributed by atoms with Gasteiger partial charge in [-0.1, -0.05) is 12.1 Å². The van der Waals surface area contributed by atoms with E-state index in [2.05, 4.69) is 25.3 Å². The fraction of sp³-hybridized carbons (Fsp3) is 0.308. The van der Waals surface area contributed by atoms with E-state index in [0.29, 0.717) is 45.9 Å². The molecule has 10 nitrogen and oxygen atoms in total. The van der Waals surface area contributed by atoms with E-state index in [-0.39, 0.29) is 18.3 Å². The minimum atomic E-state index is -4.45. The molecule has 39 heavy (non-hydrogen) atoms. The Hall–Kier alpha value is -4.39. The molecule has 0 saturated heterocycles. The first kappa shape index (κ1) is 24.9. The standard InChI is InChI=1S/C26H24F3N9O/c1-15(2)36-14-31-34-24(36)19-5-4-6-21(33-19)38-25(39)18-11-17(8-7-16(18)12-32-38)37-13-30-22-20(37)9-10-35(3)23(22)26(27,28)29/h4-8,11-15,23H,9-10H2,1-3H3. The normalized spacial score (nSPS) is 16.2. The summed E-state index contributed by atoms with van der Waals surface area (Å²) in [6.07, 6.45) is 0.521. The molecule has 5 aromatic rings. The minimum absolute atomic E-state index is 0.0150. The quantitative estimate of drug-likeness (QED) is 0.344. The highest BCUT2D eigenvalue weighted by Crippen LogP contribution is 2.40. The van der Waals surface area contributed by atoms with Gasteiger partial charge in [0, 0.05) is 35.8 Å². The molecule has 0 aliphatic carbocycles. The number of imidazole rings is 1. The van der Waals surface area contributed by atoms with Gasteiger partial charge in [0.25, 0.3) is 5.56 Å². The van der Waals surface area contributed by atoms with Crippen LogP contribution in [0, 0.1) is 0 Å². The number of benzene rings is 1. The van der Waals surface area contributed by atoms with Gasteiger partial charge in [0.1, 0.15) is 12.0 Å². The molecular formula is C26H24F3N9O. The molecule has 0 radical (unpaired) electrons. The monoisotopic (exact) mass is 535 g/mol. The second kappa shape index (κ2) is 9.12. The summed E-state index contributed by atoms with van der Waals surface area (Å²) in [5.74, 6) is 0.870. The van der Waals surface area contributed by atoms with Crippen LogP contribution in [0.15, 0.2) is 60.0 Å². The van der Waals surface area contributed by atoms with Crippen LogP contribution in [0.25, 0.3) is 33.8 Å². The Morgan fingerprint density at radius 1 is 1.10 bits per heavy atom. The third-order valence-corrected chi connectivity index (χ3v) is 6.97. The topological polar surface area (TPSA) is 99.5 Å². The molecule has 1 aromatic carbocycles. The highest BCUT2D eigenvalue weighted by atomic mass is 19.4. The Balaban J connectivity index is 1.43. The predicted octanol–water partition coefficient (Wildman–Crippen LogP) is 3.90. The summed E-state index contributed by atoms with van der Waals surface area (Å²) in [6, 6.07) is 8.67. The number of pyridine rings is 1. The van der Waals surface area contributed by atoms with Crippen molar-refractivity contribution in [1.29, 1.82) is 0 Å². The van der Waals surface area contributed by atoms with Crippen molar-refractivity contribution >= 4 is 10.8 Å². The predicted molar refractivity (Wildman–Crippen MR) is 137 cm³/mol. The van der Waals surface area contributed by atoms with Gasteiger partial charge in [0.2, 0.25) is 0 Å². The lowest BCUT2D eigenvalue weighted by molar-refractivity contribution is -0.186. The molecule has 1 aliphatic heterocycles. The van der Waals surface area contributed by atoms with Crippen LogP contribution in [0.3, 0.4) is 0 Å². The van der Waals surface area contributed by atoms with Gasteiger partial charge >= 0.3 is 6.18 Å². The van der Waals surface area contributed by atoms with Crippen LogP contribution in [-0.4, -0.2) is 63.7 Å². The number of halogens is 3. The third-order valence-electron chi connectivity index (χ3n) is 6.97. The number of fused-ring (bicyclic) bond motifs is 2. The van der Waals surface area contributed by atoms with E-state index in [1.54, 1.807) is 53.5 Å². The van der Waals surface area contributed by atoms with Crippen LogP contribution < -0.4 is 5.56 Å².